The predicted molar refractivity (Wildman–Crippen MR) is 72.4 cm³/mol. The zero-order valence-electron chi connectivity index (χ0n) is 10.2. The molecule has 0 unspecified atom stereocenters. The van der Waals surface area contributed by atoms with Crippen LogP contribution in [0, 0.1) is 10.1 Å². The number of nitro groups is 1. The van der Waals surface area contributed by atoms with Gasteiger partial charge in [0.1, 0.15) is 0 Å². The summed E-state index contributed by atoms with van der Waals surface area (Å²) >= 11 is 0. The summed E-state index contributed by atoms with van der Waals surface area (Å²) in [5.41, 5.74) is 2.02. The summed E-state index contributed by atoms with van der Waals surface area (Å²) in [6.45, 7) is 8.86. The van der Waals surface area contributed by atoms with Crippen LogP contribution in [0.5, 0.6) is 0 Å². The Bertz CT molecular complexity index is 524. The van der Waals surface area contributed by atoms with Crippen LogP contribution in [-0.2, 0) is 0 Å². The quantitative estimate of drug-likeness (QED) is 0.440. The molecule has 94 valence electrons. The lowest BCUT2D eigenvalue weighted by Crippen LogP contribution is -2.01. The lowest BCUT2D eigenvalue weighted by Gasteiger charge is -2.01. The molecular formula is C13H15N3O2. The first-order chi connectivity index (χ1) is 8.56. The molecule has 0 aliphatic heterocycles. The van der Waals surface area contributed by atoms with Crippen LogP contribution >= 0.6 is 0 Å². The topological polar surface area (TPSA) is 61.0 Å². The maximum absolute atomic E-state index is 10.3. The van der Waals surface area contributed by atoms with E-state index in [2.05, 4.69) is 18.3 Å². The first-order valence-electron chi connectivity index (χ1n) is 5.39. The molecule has 0 atom stereocenters. The van der Waals surface area contributed by atoms with Gasteiger partial charge in [0, 0.05) is 16.7 Å². The van der Waals surface area contributed by atoms with Crippen LogP contribution in [0.25, 0.3) is 11.8 Å². The number of rotatable bonds is 6. The summed E-state index contributed by atoms with van der Waals surface area (Å²) < 4.78 is 1.67. The van der Waals surface area contributed by atoms with Crippen molar-refractivity contribution in [1.29, 1.82) is 0 Å². The molecule has 0 radical (unpaired) electrons. The third kappa shape index (κ3) is 3.86. The molecular weight excluding hydrogens is 230 g/mol. The van der Waals surface area contributed by atoms with E-state index in [9.17, 15) is 10.1 Å². The van der Waals surface area contributed by atoms with Gasteiger partial charge in [-0.05, 0) is 25.1 Å². The summed E-state index contributed by atoms with van der Waals surface area (Å²) in [5, 5.41) is 14.6. The van der Waals surface area contributed by atoms with Gasteiger partial charge in [0.25, 0.3) is 0 Å². The molecule has 0 amide bonds. The van der Waals surface area contributed by atoms with Crippen molar-refractivity contribution in [2.45, 2.75) is 6.92 Å². The highest BCUT2D eigenvalue weighted by molar-refractivity contribution is 5.57. The van der Waals surface area contributed by atoms with Crippen LogP contribution in [0.15, 0.2) is 49.2 Å². The zero-order chi connectivity index (χ0) is 13.5. The average molecular weight is 245 g/mol. The summed E-state index contributed by atoms with van der Waals surface area (Å²) in [5.74, 6) is 0. The molecule has 1 aromatic rings. The Morgan fingerprint density at radius 3 is 2.83 bits per heavy atom. The van der Waals surface area contributed by atoms with E-state index in [0.29, 0.717) is 5.57 Å². The molecule has 18 heavy (non-hydrogen) atoms. The molecule has 1 aromatic heterocycles. The standard InChI is InChI=1S/C13H15N3O2/c1-4-12-8-9-15(14-12)13(5-2)7-6-11(3)10-16(17)18/h4-9H,1,3,10H2,2H3/b7-6-,13-5+. The van der Waals surface area contributed by atoms with Gasteiger partial charge in [-0.15, -0.1) is 0 Å². The van der Waals surface area contributed by atoms with Gasteiger partial charge in [-0.3, -0.25) is 10.1 Å². The molecule has 0 fully saturated rings. The Kier molecular flexibility index (Phi) is 4.80. The summed E-state index contributed by atoms with van der Waals surface area (Å²) in [4.78, 5) is 9.89. The molecule has 1 rings (SSSR count). The zero-order valence-corrected chi connectivity index (χ0v) is 10.2. The van der Waals surface area contributed by atoms with Crippen LogP contribution in [0.1, 0.15) is 12.6 Å². The minimum Gasteiger partial charge on any atom is -0.264 e. The van der Waals surface area contributed by atoms with Crippen molar-refractivity contribution in [3.05, 3.63) is 65.0 Å². The third-order valence-electron chi connectivity index (χ3n) is 2.20. The fourth-order valence-electron chi connectivity index (χ4n) is 1.32. The molecule has 0 N–H and O–H groups in total. The molecule has 0 bridgehead atoms. The van der Waals surface area contributed by atoms with E-state index in [1.54, 1.807) is 29.1 Å². The SMILES string of the molecule is C=Cc1ccn(C(/C=C\C(=C)C[N+](=O)[O-])=C/C)n1. The van der Waals surface area contributed by atoms with Gasteiger partial charge >= 0.3 is 0 Å². The van der Waals surface area contributed by atoms with E-state index in [4.69, 9.17) is 0 Å². The molecule has 0 saturated carbocycles. The van der Waals surface area contributed by atoms with Crippen molar-refractivity contribution >= 4 is 11.8 Å². The molecule has 0 aromatic carbocycles. The summed E-state index contributed by atoms with van der Waals surface area (Å²) in [6.07, 6.45) is 8.67. The number of allylic oxidation sites excluding steroid dienone is 3. The fraction of sp³-hybridized carbons (Fsp3) is 0.154. The van der Waals surface area contributed by atoms with Gasteiger partial charge in [-0.1, -0.05) is 25.3 Å². The normalized spacial score (nSPS) is 11.7. The highest BCUT2D eigenvalue weighted by atomic mass is 16.6. The minimum atomic E-state index is -0.411. The van der Waals surface area contributed by atoms with Gasteiger partial charge in [-0.2, -0.15) is 5.10 Å². The Morgan fingerprint density at radius 1 is 1.61 bits per heavy atom. The van der Waals surface area contributed by atoms with E-state index in [1.165, 1.54) is 0 Å². The molecule has 0 spiro atoms. The van der Waals surface area contributed by atoms with E-state index in [1.807, 2.05) is 19.1 Å². The number of hydrogen-bond donors (Lipinski definition) is 0. The van der Waals surface area contributed by atoms with Crippen molar-refractivity contribution in [1.82, 2.24) is 9.78 Å². The summed E-state index contributed by atoms with van der Waals surface area (Å²) in [6, 6.07) is 1.83. The van der Waals surface area contributed by atoms with Crippen molar-refractivity contribution in [2.75, 3.05) is 6.54 Å². The Balaban J connectivity index is 2.80. The van der Waals surface area contributed by atoms with Crippen molar-refractivity contribution in [2.24, 2.45) is 0 Å². The van der Waals surface area contributed by atoms with Gasteiger partial charge in [0.2, 0.25) is 6.54 Å². The smallest absolute Gasteiger partial charge is 0.228 e. The number of aromatic nitrogens is 2. The van der Waals surface area contributed by atoms with Crippen LogP contribution < -0.4 is 0 Å². The molecule has 0 aliphatic carbocycles. The lowest BCUT2D eigenvalue weighted by molar-refractivity contribution is -0.470. The lowest BCUT2D eigenvalue weighted by atomic mass is 10.2. The summed E-state index contributed by atoms with van der Waals surface area (Å²) in [7, 11) is 0. The van der Waals surface area contributed by atoms with Gasteiger partial charge < -0.3 is 0 Å². The number of hydrogen-bond acceptors (Lipinski definition) is 3. The van der Waals surface area contributed by atoms with Gasteiger partial charge in [0.15, 0.2) is 0 Å². The molecule has 0 aliphatic rings. The molecule has 5 heteroatoms. The Hall–Kier alpha value is -2.43. The fourth-order valence-corrected chi connectivity index (χ4v) is 1.32. The average Bonchev–Trinajstić information content (AvgIpc) is 2.77. The monoisotopic (exact) mass is 245 g/mol. The van der Waals surface area contributed by atoms with Crippen LogP contribution in [-0.4, -0.2) is 21.2 Å². The Morgan fingerprint density at radius 2 is 2.33 bits per heavy atom. The van der Waals surface area contributed by atoms with Crippen molar-refractivity contribution < 1.29 is 4.92 Å². The first kappa shape index (κ1) is 13.6. The Labute approximate surface area is 106 Å². The highest BCUT2D eigenvalue weighted by Gasteiger charge is 2.01. The first-order valence-corrected chi connectivity index (χ1v) is 5.39. The maximum Gasteiger partial charge on any atom is 0.228 e. The van der Waals surface area contributed by atoms with E-state index in [0.717, 1.165) is 11.4 Å². The van der Waals surface area contributed by atoms with E-state index in [-0.39, 0.29) is 6.54 Å². The largest absolute Gasteiger partial charge is 0.264 e. The van der Waals surface area contributed by atoms with Gasteiger partial charge in [-0.25, -0.2) is 4.68 Å². The minimum absolute atomic E-state index is 0.259. The van der Waals surface area contributed by atoms with Crippen LogP contribution in [0.2, 0.25) is 0 Å². The van der Waals surface area contributed by atoms with E-state index >= 15 is 0 Å². The maximum atomic E-state index is 10.3. The predicted octanol–water partition coefficient (Wildman–Crippen LogP) is 2.78. The van der Waals surface area contributed by atoms with Gasteiger partial charge in [0.05, 0.1) is 11.4 Å². The number of nitrogens with zero attached hydrogens (tertiary/aromatic N) is 3. The van der Waals surface area contributed by atoms with Crippen LogP contribution in [0.3, 0.4) is 0 Å². The van der Waals surface area contributed by atoms with Crippen molar-refractivity contribution in [3.8, 4) is 0 Å². The third-order valence-corrected chi connectivity index (χ3v) is 2.20. The second-order valence-corrected chi connectivity index (χ2v) is 3.59. The second-order valence-electron chi connectivity index (χ2n) is 3.59. The second kappa shape index (κ2) is 6.34. The molecule has 5 nitrogen and oxygen atoms in total. The van der Waals surface area contributed by atoms with E-state index < -0.39 is 4.92 Å². The molecule has 0 saturated heterocycles. The van der Waals surface area contributed by atoms with Crippen LogP contribution in [0.4, 0.5) is 0 Å². The highest BCUT2D eigenvalue weighted by Crippen LogP contribution is 2.09. The van der Waals surface area contributed by atoms with Crippen molar-refractivity contribution in [3.63, 3.8) is 0 Å². The molecule has 1 heterocycles.